The summed E-state index contributed by atoms with van der Waals surface area (Å²) < 4.78 is 5.50. The Morgan fingerprint density at radius 3 is 2.37 bits per heavy atom. The van der Waals surface area contributed by atoms with Crippen LogP contribution in [0.25, 0.3) is 0 Å². The summed E-state index contributed by atoms with van der Waals surface area (Å²) in [6, 6.07) is 12.2. The van der Waals surface area contributed by atoms with Crippen LogP contribution in [0.1, 0.15) is 16.9 Å². The van der Waals surface area contributed by atoms with E-state index in [9.17, 15) is 9.59 Å². The van der Waals surface area contributed by atoms with Gasteiger partial charge in [0.05, 0.1) is 6.20 Å². The van der Waals surface area contributed by atoms with Gasteiger partial charge in [-0.3, -0.25) is 9.59 Å². The van der Waals surface area contributed by atoms with Crippen molar-refractivity contribution in [1.82, 2.24) is 4.98 Å². The minimum absolute atomic E-state index is 0.114. The number of carbonyl (C=O) groups is 2. The number of para-hydroxylation sites is 1. The number of hydrogen-bond donors (Lipinski definition) is 1. The molecule has 2 rings (SSSR count). The van der Waals surface area contributed by atoms with Gasteiger partial charge in [-0.15, -0.1) is 0 Å². The van der Waals surface area contributed by atoms with E-state index in [2.05, 4.69) is 4.98 Å². The van der Waals surface area contributed by atoms with Crippen molar-refractivity contribution in [3.8, 4) is 11.5 Å². The third-order valence-electron chi connectivity index (χ3n) is 2.31. The summed E-state index contributed by atoms with van der Waals surface area (Å²) in [7, 11) is 0. The molecule has 1 N–H and O–H groups in total. The highest BCUT2D eigenvalue weighted by Crippen LogP contribution is 2.20. The van der Waals surface area contributed by atoms with Crippen molar-refractivity contribution >= 4 is 11.8 Å². The molecule has 0 radical (unpaired) electrons. The second kappa shape index (κ2) is 5.77. The van der Waals surface area contributed by atoms with E-state index < -0.39 is 18.2 Å². The van der Waals surface area contributed by atoms with Crippen molar-refractivity contribution in [1.29, 1.82) is 0 Å². The van der Waals surface area contributed by atoms with Crippen molar-refractivity contribution < 1.29 is 19.4 Å². The number of aromatic nitrogens is 1. The molecule has 0 fully saturated rings. The van der Waals surface area contributed by atoms with Gasteiger partial charge in [-0.2, -0.15) is 0 Å². The normalized spacial score (nSPS) is 9.89. The fourth-order valence-electron chi connectivity index (χ4n) is 1.46. The summed E-state index contributed by atoms with van der Waals surface area (Å²) in [5.41, 5.74) is 0.114. The summed E-state index contributed by atoms with van der Waals surface area (Å²) in [5.74, 6) is -0.554. The number of aliphatic carboxylic acids is 1. The van der Waals surface area contributed by atoms with Crippen molar-refractivity contribution in [2.24, 2.45) is 0 Å². The van der Waals surface area contributed by atoms with Gasteiger partial charge >= 0.3 is 5.97 Å². The molecule has 1 aromatic carbocycles. The van der Waals surface area contributed by atoms with Crippen LogP contribution < -0.4 is 4.74 Å². The maximum Gasteiger partial charge on any atom is 0.311 e. The van der Waals surface area contributed by atoms with Crippen molar-refractivity contribution in [2.45, 2.75) is 6.42 Å². The number of carbonyl (C=O) groups excluding carboxylic acids is 1. The Balaban J connectivity index is 2.06. The number of carboxylic acid groups (broad SMARTS) is 1. The first-order valence-electron chi connectivity index (χ1n) is 5.59. The molecule has 2 aromatic rings. The molecule has 0 spiro atoms. The van der Waals surface area contributed by atoms with E-state index in [1.165, 1.54) is 12.3 Å². The fourth-order valence-corrected chi connectivity index (χ4v) is 1.46. The smallest absolute Gasteiger partial charge is 0.311 e. The molecule has 5 nitrogen and oxygen atoms in total. The topological polar surface area (TPSA) is 76.5 Å². The van der Waals surface area contributed by atoms with Crippen molar-refractivity contribution in [3.05, 3.63) is 54.4 Å². The first-order chi connectivity index (χ1) is 9.15. The molecule has 0 aliphatic carbocycles. The zero-order valence-corrected chi connectivity index (χ0v) is 9.95. The molecule has 96 valence electrons. The van der Waals surface area contributed by atoms with Gasteiger partial charge in [-0.25, -0.2) is 4.98 Å². The standard InChI is InChI=1S/C14H11NO4/c16-13(8-14(17)18)12-7-6-11(9-15-12)19-10-4-2-1-3-5-10/h1-7,9H,8H2,(H,17,18). The Kier molecular flexibility index (Phi) is 3.87. The summed E-state index contributed by atoms with van der Waals surface area (Å²) in [5, 5.41) is 8.52. The van der Waals surface area contributed by atoms with Gasteiger partial charge in [0.1, 0.15) is 23.6 Å². The maximum atomic E-state index is 11.4. The molecule has 5 heteroatoms. The molecule has 1 aromatic heterocycles. The van der Waals surface area contributed by atoms with Crippen LogP contribution in [0, 0.1) is 0 Å². The number of ether oxygens (including phenoxy) is 1. The number of nitrogens with zero attached hydrogens (tertiary/aromatic N) is 1. The Morgan fingerprint density at radius 1 is 1.05 bits per heavy atom. The van der Waals surface area contributed by atoms with Gasteiger partial charge in [-0.1, -0.05) is 18.2 Å². The van der Waals surface area contributed by atoms with Crippen LogP contribution in [0.2, 0.25) is 0 Å². The maximum absolute atomic E-state index is 11.4. The lowest BCUT2D eigenvalue weighted by Gasteiger charge is -2.05. The van der Waals surface area contributed by atoms with E-state index in [0.29, 0.717) is 11.5 Å². The van der Waals surface area contributed by atoms with Crippen LogP contribution in [-0.2, 0) is 4.79 Å². The van der Waals surface area contributed by atoms with E-state index in [4.69, 9.17) is 9.84 Å². The van der Waals surface area contributed by atoms with Gasteiger partial charge in [-0.05, 0) is 24.3 Å². The van der Waals surface area contributed by atoms with Crippen molar-refractivity contribution in [2.75, 3.05) is 0 Å². The molecule has 0 saturated carbocycles. The zero-order chi connectivity index (χ0) is 13.7. The van der Waals surface area contributed by atoms with Gasteiger partial charge in [0.2, 0.25) is 0 Å². The second-order valence-corrected chi connectivity index (χ2v) is 3.79. The van der Waals surface area contributed by atoms with Gasteiger partial charge in [0.25, 0.3) is 0 Å². The number of ketones is 1. The van der Waals surface area contributed by atoms with Crippen molar-refractivity contribution in [3.63, 3.8) is 0 Å². The summed E-state index contributed by atoms with van der Waals surface area (Å²) >= 11 is 0. The van der Waals surface area contributed by atoms with E-state index >= 15 is 0 Å². The molecule has 0 saturated heterocycles. The lowest BCUT2D eigenvalue weighted by atomic mass is 10.2. The second-order valence-electron chi connectivity index (χ2n) is 3.79. The van der Waals surface area contributed by atoms with Crippen LogP contribution in [0.15, 0.2) is 48.7 Å². The van der Waals surface area contributed by atoms with Crippen LogP contribution in [0.4, 0.5) is 0 Å². The predicted molar refractivity (Wildman–Crippen MR) is 67.3 cm³/mol. The molecule has 0 bridgehead atoms. The van der Waals surface area contributed by atoms with Gasteiger partial charge in [0, 0.05) is 0 Å². The first kappa shape index (κ1) is 12.8. The SMILES string of the molecule is O=C(O)CC(=O)c1ccc(Oc2ccccc2)cn1. The van der Waals surface area contributed by atoms with Crippen LogP contribution in [0.3, 0.4) is 0 Å². The number of pyridine rings is 1. The van der Waals surface area contributed by atoms with Crippen LogP contribution >= 0.6 is 0 Å². The first-order valence-corrected chi connectivity index (χ1v) is 5.59. The Morgan fingerprint density at radius 2 is 1.79 bits per heavy atom. The minimum atomic E-state index is -1.17. The van der Waals surface area contributed by atoms with E-state index in [0.717, 1.165) is 0 Å². The molecule has 0 aliphatic rings. The largest absolute Gasteiger partial charge is 0.481 e. The molecule has 0 aliphatic heterocycles. The number of rotatable bonds is 5. The lowest BCUT2D eigenvalue weighted by Crippen LogP contribution is -2.08. The Hall–Kier alpha value is -2.69. The summed E-state index contributed by atoms with van der Waals surface area (Å²) in [6.07, 6.45) is 0.827. The Labute approximate surface area is 109 Å². The van der Waals surface area contributed by atoms with Crippen LogP contribution in [0.5, 0.6) is 11.5 Å². The van der Waals surface area contributed by atoms with Gasteiger partial charge < -0.3 is 9.84 Å². The average Bonchev–Trinajstić information content (AvgIpc) is 2.40. The monoisotopic (exact) mass is 257 g/mol. The molecule has 0 atom stereocenters. The molecular weight excluding hydrogens is 246 g/mol. The summed E-state index contributed by atoms with van der Waals surface area (Å²) in [6.45, 7) is 0. The highest BCUT2D eigenvalue weighted by molar-refractivity contribution is 6.04. The van der Waals surface area contributed by atoms with E-state index in [1.54, 1.807) is 18.2 Å². The minimum Gasteiger partial charge on any atom is -0.481 e. The van der Waals surface area contributed by atoms with Gasteiger partial charge in [0.15, 0.2) is 5.78 Å². The number of carboxylic acids is 1. The Bertz CT molecular complexity index is 578. The highest BCUT2D eigenvalue weighted by Gasteiger charge is 2.11. The van der Waals surface area contributed by atoms with E-state index in [-0.39, 0.29) is 5.69 Å². The molecule has 0 unspecified atom stereocenters. The third kappa shape index (κ3) is 3.64. The quantitative estimate of drug-likeness (QED) is 0.658. The zero-order valence-electron chi connectivity index (χ0n) is 9.95. The molecule has 0 amide bonds. The lowest BCUT2D eigenvalue weighted by molar-refractivity contribution is -0.135. The molecule has 19 heavy (non-hydrogen) atoms. The number of hydrogen-bond acceptors (Lipinski definition) is 4. The average molecular weight is 257 g/mol. The van der Waals surface area contributed by atoms with Crippen LogP contribution in [-0.4, -0.2) is 21.8 Å². The highest BCUT2D eigenvalue weighted by atomic mass is 16.5. The fraction of sp³-hybridized carbons (Fsp3) is 0.0714. The number of benzene rings is 1. The predicted octanol–water partition coefficient (Wildman–Crippen LogP) is 2.53. The third-order valence-corrected chi connectivity index (χ3v) is 2.31. The molecular formula is C14H11NO4. The number of Topliss-reactive ketones (excluding diaryl/α,β-unsaturated/α-hetero) is 1. The summed E-state index contributed by atoms with van der Waals surface area (Å²) in [4.78, 5) is 25.7. The molecule has 1 heterocycles. The van der Waals surface area contributed by atoms with E-state index in [1.807, 2.05) is 18.2 Å².